The maximum atomic E-state index is 12.6. The summed E-state index contributed by atoms with van der Waals surface area (Å²) in [5, 5.41) is 6.11. The second kappa shape index (κ2) is 5.26. The van der Waals surface area contributed by atoms with Crippen LogP contribution in [-0.2, 0) is 9.59 Å². The Labute approximate surface area is 108 Å². The van der Waals surface area contributed by atoms with E-state index in [0.29, 0.717) is 19.0 Å². The van der Waals surface area contributed by atoms with Gasteiger partial charge < -0.3 is 15.5 Å². The average molecular weight is 253 g/mol. The van der Waals surface area contributed by atoms with E-state index in [0.717, 1.165) is 25.9 Å². The van der Waals surface area contributed by atoms with Crippen LogP contribution in [0.4, 0.5) is 0 Å². The smallest absolute Gasteiger partial charge is 0.239 e. The van der Waals surface area contributed by atoms with E-state index in [2.05, 4.69) is 10.6 Å². The minimum absolute atomic E-state index is 0.0489. The highest BCUT2D eigenvalue weighted by Crippen LogP contribution is 2.33. The Morgan fingerprint density at radius 2 is 2.17 bits per heavy atom. The molecular weight excluding hydrogens is 230 g/mol. The van der Waals surface area contributed by atoms with Crippen LogP contribution in [0.2, 0.25) is 0 Å². The van der Waals surface area contributed by atoms with Gasteiger partial charge in [0.25, 0.3) is 0 Å². The van der Waals surface area contributed by atoms with Crippen molar-refractivity contribution in [2.75, 3.05) is 32.7 Å². The molecule has 102 valence electrons. The first-order valence-electron chi connectivity index (χ1n) is 6.78. The van der Waals surface area contributed by atoms with E-state index in [1.165, 1.54) is 0 Å². The molecule has 2 saturated heterocycles. The summed E-state index contributed by atoms with van der Waals surface area (Å²) in [5.74, 6) is 0.432. The van der Waals surface area contributed by atoms with Crippen molar-refractivity contribution in [1.29, 1.82) is 0 Å². The summed E-state index contributed by atoms with van der Waals surface area (Å²) in [6.45, 7) is 7.39. The zero-order valence-electron chi connectivity index (χ0n) is 11.3. The highest BCUT2D eigenvalue weighted by atomic mass is 16.2. The zero-order chi connectivity index (χ0) is 13.2. The lowest BCUT2D eigenvalue weighted by atomic mass is 9.74. The van der Waals surface area contributed by atoms with Gasteiger partial charge in [0.2, 0.25) is 11.8 Å². The van der Waals surface area contributed by atoms with Crippen molar-refractivity contribution in [3.05, 3.63) is 0 Å². The molecule has 5 heteroatoms. The molecule has 2 rings (SSSR count). The summed E-state index contributed by atoms with van der Waals surface area (Å²) in [5.41, 5.74) is -0.384. The van der Waals surface area contributed by atoms with Crippen LogP contribution >= 0.6 is 0 Å². The summed E-state index contributed by atoms with van der Waals surface area (Å²) in [6, 6.07) is 0. The number of carbonyl (C=O) groups excluding carboxylic acids is 2. The molecule has 2 aliphatic heterocycles. The van der Waals surface area contributed by atoms with Gasteiger partial charge in [-0.3, -0.25) is 9.59 Å². The van der Waals surface area contributed by atoms with Gasteiger partial charge >= 0.3 is 0 Å². The van der Waals surface area contributed by atoms with Crippen LogP contribution in [0.5, 0.6) is 0 Å². The number of hydrogen-bond acceptors (Lipinski definition) is 3. The van der Waals surface area contributed by atoms with E-state index in [9.17, 15) is 9.59 Å². The predicted octanol–water partition coefficient (Wildman–Crippen LogP) is -0.0294. The van der Waals surface area contributed by atoms with E-state index >= 15 is 0 Å². The van der Waals surface area contributed by atoms with Crippen LogP contribution in [0.1, 0.15) is 26.7 Å². The van der Waals surface area contributed by atoms with Crippen LogP contribution in [0.3, 0.4) is 0 Å². The highest BCUT2D eigenvalue weighted by molar-refractivity contribution is 5.88. The molecule has 0 radical (unpaired) electrons. The third-order valence-electron chi connectivity index (χ3n) is 4.19. The molecule has 0 aromatic carbocycles. The van der Waals surface area contributed by atoms with Gasteiger partial charge in [0.15, 0.2) is 0 Å². The van der Waals surface area contributed by atoms with Crippen molar-refractivity contribution in [2.24, 2.45) is 11.3 Å². The van der Waals surface area contributed by atoms with Crippen molar-refractivity contribution in [1.82, 2.24) is 15.5 Å². The maximum absolute atomic E-state index is 12.6. The van der Waals surface area contributed by atoms with E-state index in [-0.39, 0.29) is 23.8 Å². The fourth-order valence-corrected chi connectivity index (χ4v) is 2.86. The third kappa shape index (κ3) is 2.66. The molecule has 0 aromatic rings. The van der Waals surface area contributed by atoms with Gasteiger partial charge in [-0.25, -0.2) is 0 Å². The van der Waals surface area contributed by atoms with Crippen molar-refractivity contribution in [2.45, 2.75) is 26.7 Å². The molecule has 18 heavy (non-hydrogen) atoms. The molecule has 1 atom stereocenters. The third-order valence-corrected chi connectivity index (χ3v) is 4.19. The van der Waals surface area contributed by atoms with Crippen molar-refractivity contribution < 1.29 is 9.59 Å². The summed E-state index contributed by atoms with van der Waals surface area (Å²) in [7, 11) is 0. The standard InChI is InChI=1S/C13H23N3O2/c1-13(2,10-4-3-5-14-8-10)12(18)16-7-6-15-11(17)9-16/h10,14H,3-9H2,1-2H3,(H,15,17). The second-order valence-electron chi connectivity index (χ2n) is 5.84. The molecule has 2 amide bonds. The van der Waals surface area contributed by atoms with Gasteiger partial charge in [0.05, 0.1) is 6.54 Å². The maximum Gasteiger partial charge on any atom is 0.239 e. The van der Waals surface area contributed by atoms with Crippen LogP contribution in [-0.4, -0.2) is 49.4 Å². The molecule has 0 spiro atoms. The molecule has 5 nitrogen and oxygen atoms in total. The van der Waals surface area contributed by atoms with Gasteiger partial charge in [-0.2, -0.15) is 0 Å². The van der Waals surface area contributed by atoms with Crippen molar-refractivity contribution >= 4 is 11.8 Å². The fraction of sp³-hybridized carbons (Fsp3) is 0.846. The van der Waals surface area contributed by atoms with E-state index in [1.807, 2.05) is 13.8 Å². The Kier molecular flexibility index (Phi) is 3.90. The predicted molar refractivity (Wildman–Crippen MR) is 69.0 cm³/mol. The monoisotopic (exact) mass is 253 g/mol. The van der Waals surface area contributed by atoms with E-state index < -0.39 is 0 Å². The van der Waals surface area contributed by atoms with E-state index in [1.54, 1.807) is 4.90 Å². The number of amides is 2. The van der Waals surface area contributed by atoms with Gasteiger partial charge in [0.1, 0.15) is 0 Å². The topological polar surface area (TPSA) is 61.4 Å². The number of carbonyl (C=O) groups is 2. The number of piperazine rings is 1. The van der Waals surface area contributed by atoms with Gasteiger partial charge in [-0.1, -0.05) is 13.8 Å². The minimum Gasteiger partial charge on any atom is -0.353 e. The van der Waals surface area contributed by atoms with Crippen LogP contribution in [0.15, 0.2) is 0 Å². The quantitative estimate of drug-likeness (QED) is 0.726. The van der Waals surface area contributed by atoms with E-state index in [4.69, 9.17) is 0 Å². The molecule has 2 fully saturated rings. The summed E-state index contributed by atoms with van der Waals surface area (Å²) in [4.78, 5) is 25.6. The number of rotatable bonds is 2. The molecule has 0 saturated carbocycles. The van der Waals surface area contributed by atoms with Crippen LogP contribution in [0.25, 0.3) is 0 Å². The lowest BCUT2D eigenvalue weighted by Gasteiger charge is -2.40. The lowest BCUT2D eigenvalue weighted by Crippen LogP contribution is -2.55. The first-order chi connectivity index (χ1) is 8.51. The Morgan fingerprint density at radius 1 is 1.39 bits per heavy atom. The largest absolute Gasteiger partial charge is 0.353 e. The lowest BCUT2D eigenvalue weighted by molar-refractivity contribution is -0.148. The Balaban J connectivity index is 2.03. The molecule has 2 aliphatic rings. The SMILES string of the molecule is CC(C)(C(=O)N1CCNC(=O)C1)C1CCCNC1. The zero-order valence-corrected chi connectivity index (χ0v) is 11.3. The molecule has 2 heterocycles. The van der Waals surface area contributed by atoms with Crippen molar-refractivity contribution in [3.8, 4) is 0 Å². The van der Waals surface area contributed by atoms with Gasteiger partial charge in [-0.15, -0.1) is 0 Å². The fourth-order valence-electron chi connectivity index (χ4n) is 2.86. The molecule has 1 unspecified atom stereocenters. The number of piperidine rings is 1. The Bertz CT molecular complexity index is 335. The Hall–Kier alpha value is -1.10. The van der Waals surface area contributed by atoms with Crippen molar-refractivity contribution in [3.63, 3.8) is 0 Å². The number of nitrogens with zero attached hydrogens (tertiary/aromatic N) is 1. The highest BCUT2D eigenvalue weighted by Gasteiger charge is 2.40. The summed E-state index contributed by atoms with van der Waals surface area (Å²) >= 11 is 0. The second-order valence-corrected chi connectivity index (χ2v) is 5.84. The summed E-state index contributed by atoms with van der Waals surface area (Å²) < 4.78 is 0. The molecule has 0 aromatic heterocycles. The van der Waals surface area contributed by atoms with Gasteiger partial charge in [-0.05, 0) is 31.8 Å². The normalized spacial score (nSPS) is 25.8. The molecule has 0 bridgehead atoms. The molecule has 2 N–H and O–H groups in total. The van der Waals surface area contributed by atoms with Crippen LogP contribution in [0, 0.1) is 11.3 Å². The Morgan fingerprint density at radius 3 is 2.78 bits per heavy atom. The van der Waals surface area contributed by atoms with Crippen LogP contribution < -0.4 is 10.6 Å². The number of hydrogen-bond donors (Lipinski definition) is 2. The minimum atomic E-state index is -0.384. The average Bonchev–Trinajstić information content (AvgIpc) is 2.39. The molecule has 0 aliphatic carbocycles. The molecular formula is C13H23N3O2. The first kappa shape index (κ1) is 13.3. The van der Waals surface area contributed by atoms with Gasteiger partial charge in [0, 0.05) is 18.5 Å². The summed E-state index contributed by atoms with van der Waals surface area (Å²) in [6.07, 6.45) is 2.22. The number of nitrogens with one attached hydrogen (secondary N) is 2. The first-order valence-corrected chi connectivity index (χ1v) is 6.78.